The average Bonchev–Trinajstić information content (AvgIpc) is 2.67. The fraction of sp³-hybridized carbons (Fsp3) is 0.231. The number of hydrogen-bond acceptors (Lipinski definition) is 1. The van der Waals surface area contributed by atoms with E-state index in [9.17, 15) is 0 Å². The summed E-state index contributed by atoms with van der Waals surface area (Å²) in [6.07, 6.45) is 0. The molecular weight excluding hydrogens is 328 g/mol. The first kappa shape index (κ1) is 17.8. The second kappa shape index (κ2) is 7.17. The first-order valence-corrected chi connectivity index (χ1v) is 9.69. The molecule has 4 aromatic rings. The molecule has 27 heavy (non-hydrogen) atoms. The molecule has 0 saturated carbocycles. The Morgan fingerprint density at radius 2 is 1.48 bits per heavy atom. The summed E-state index contributed by atoms with van der Waals surface area (Å²) in [6, 6.07) is 22.4. The van der Waals surface area contributed by atoms with Crippen LogP contribution in [-0.4, -0.2) is 6.61 Å². The van der Waals surface area contributed by atoms with Crippen LogP contribution >= 0.6 is 0 Å². The molecule has 0 aliphatic heterocycles. The molecule has 0 aliphatic rings. The van der Waals surface area contributed by atoms with Gasteiger partial charge in [0.25, 0.3) is 0 Å². The van der Waals surface area contributed by atoms with Gasteiger partial charge >= 0.3 is 0 Å². The summed E-state index contributed by atoms with van der Waals surface area (Å²) in [4.78, 5) is 0. The van der Waals surface area contributed by atoms with Crippen molar-refractivity contribution in [3.63, 3.8) is 0 Å². The van der Waals surface area contributed by atoms with Crippen LogP contribution in [0.2, 0.25) is 0 Å². The molecule has 1 nitrogen and oxygen atoms in total. The largest absolute Gasteiger partial charge is 0.377 e. The van der Waals surface area contributed by atoms with Gasteiger partial charge in [-0.25, -0.2) is 0 Å². The second-order valence-electron chi connectivity index (χ2n) is 7.39. The Hall–Kier alpha value is -2.64. The van der Waals surface area contributed by atoms with Crippen molar-refractivity contribution in [2.24, 2.45) is 0 Å². The molecule has 4 rings (SSSR count). The van der Waals surface area contributed by atoms with E-state index >= 15 is 0 Å². The number of benzene rings is 4. The molecule has 1 heteroatoms. The zero-order valence-corrected chi connectivity index (χ0v) is 16.6. The maximum absolute atomic E-state index is 5.61. The Kier molecular flexibility index (Phi) is 4.72. The van der Waals surface area contributed by atoms with Gasteiger partial charge in [0.15, 0.2) is 0 Å². The minimum Gasteiger partial charge on any atom is -0.377 e. The molecule has 0 aliphatic carbocycles. The van der Waals surface area contributed by atoms with Crippen molar-refractivity contribution in [1.29, 1.82) is 0 Å². The van der Waals surface area contributed by atoms with Crippen LogP contribution in [0, 0.1) is 20.8 Å². The first-order chi connectivity index (χ1) is 13.1. The van der Waals surface area contributed by atoms with Crippen LogP contribution in [0.15, 0.2) is 60.7 Å². The number of hydrogen-bond donors (Lipinski definition) is 0. The fourth-order valence-corrected chi connectivity index (χ4v) is 3.93. The quantitative estimate of drug-likeness (QED) is 0.354. The molecule has 0 atom stereocenters. The van der Waals surface area contributed by atoms with Gasteiger partial charge in [-0.3, -0.25) is 0 Å². The van der Waals surface area contributed by atoms with E-state index in [1.165, 1.54) is 54.9 Å². The SMILES string of the molecule is CCOCc1ccc(-c2c(C)c(C)cc3cc4ccccc4cc23)cc1C. The van der Waals surface area contributed by atoms with Crippen molar-refractivity contribution in [3.8, 4) is 11.1 Å². The van der Waals surface area contributed by atoms with Crippen LogP contribution in [0.3, 0.4) is 0 Å². The Bertz CT molecular complexity index is 1140. The fourth-order valence-electron chi connectivity index (χ4n) is 3.93. The normalized spacial score (nSPS) is 11.4. The highest BCUT2D eigenvalue weighted by molar-refractivity contribution is 6.06. The van der Waals surface area contributed by atoms with Gasteiger partial charge in [0, 0.05) is 6.61 Å². The van der Waals surface area contributed by atoms with Crippen LogP contribution in [0.4, 0.5) is 0 Å². The predicted molar refractivity (Wildman–Crippen MR) is 116 cm³/mol. The van der Waals surface area contributed by atoms with Crippen molar-refractivity contribution in [2.45, 2.75) is 34.3 Å². The Balaban J connectivity index is 1.96. The molecule has 0 radical (unpaired) electrons. The molecular formula is C26H26O. The van der Waals surface area contributed by atoms with Gasteiger partial charge in [-0.1, -0.05) is 48.5 Å². The van der Waals surface area contributed by atoms with Gasteiger partial charge in [-0.15, -0.1) is 0 Å². The van der Waals surface area contributed by atoms with Crippen LogP contribution in [0.1, 0.15) is 29.2 Å². The molecule has 0 fully saturated rings. The number of ether oxygens (including phenoxy) is 1. The summed E-state index contributed by atoms with van der Waals surface area (Å²) in [5, 5.41) is 5.22. The summed E-state index contributed by atoms with van der Waals surface area (Å²) < 4.78 is 5.61. The van der Waals surface area contributed by atoms with Crippen LogP contribution in [0.5, 0.6) is 0 Å². The van der Waals surface area contributed by atoms with Gasteiger partial charge in [-0.05, 0) is 94.8 Å². The van der Waals surface area contributed by atoms with Gasteiger partial charge in [0.2, 0.25) is 0 Å². The Morgan fingerprint density at radius 1 is 0.741 bits per heavy atom. The molecule has 4 aromatic carbocycles. The first-order valence-electron chi connectivity index (χ1n) is 9.69. The number of rotatable bonds is 4. The second-order valence-corrected chi connectivity index (χ2v) is 7.39. The molecule has 0 aromatic heterocycles. The predicted octanol–water partition coefficient (Wildman–Crippen LogP) is 7.12. The minimum atomic E-state index is 0.681. The monoisotopic (exact) mass is 354 g/mol. The van der Waals surface area contributed by atoms with Crippen molar-refractivity contribution in [2.75, 3.05) is 6.61 Å². The third-order valence-electron chi connectivity index (χ3n) is 5.62. The highest BCUT2D eigenvalue weighted by atomic mass is 16.5. The van der Waals surface area contributed by atoms with Crippen molar-refractivity contribution >= 4 is 21.5 Å². The minimum absolute atomic E-state index is 0.681. The van der Waals surface area contributed by atoms with E-state index in [2.05, 4.69) is 81.4 Å². The van der Waals surface area contributed by atoms with E-state index in [0.717, 1.165) is 6.61 Å². The van der Waals surface area contributed by atoms with Crippen molar-refractivity contribution < 1.29 is 4.74 Å². The molecule has 0 saturated heterocycles. The topological polar surface area (TPSA) is 9.23 Å². The maximum atomic E-state index is 5.61. The maximum Gasteiger partial charge on any atom is 0.0719 e. The zero-order chi connectivity index (χ0) is 19.0. The van der Waals surface area contributed by atoms with Crippen LogP contribution < -0.4 is 0 Å². The molecule has 136 valence electrons. The van der Waals surface area contributed by atoms with Crippen LogP contribution in [-0.2, 0) is 11.3 Å². The van der Waals surface area contributed by atoms with Crippen LogP contribution in [0.25, 0.3) is 32.7 Å². The lowest BCUT2D eigenvalue weighted by Crippen LogP contribution is -1.96. The van der Waals surface area contributed by atoms with E-state index in [1.54, 1.807) is 0 Å². The van der Waals surface area contributed by atoms with E-state index in [1.807, 2.05) is 6.92 Å². The third kappa shape index (κ3) is 3.24. The van der Waals surface area contributed by atoms with Crippen molar-refractivity contribution in [1.82, 2.24) is 0 Å². The lowest BCUT2D eigenvalue weighted by atomic mass is 9.88. The van der Waals surface area contributed by atoms with E-state index < -0.39 is 0 Å². The summed E-state index contributed by atoms with van der Waals surface area (Å²) >= 11 is 0. The number of aryl methyl sites for hydroxylation is 2. The lowest BCUT2D eigenvalue weighted by molar-refractivity contribution is 0.133. The molecule has 0 N–H and O–H groups in total. The highest BCUT2D eigenvalue weighted by Crippen LogP contribution is 2.37. The van der Waals surface area contributed by atoms with Gasteiger partial charge in [0.05, 0.1) is 6.61 Å². The summed E-state index contributed by atoms with van der Waals surface area (Å²) in [7, 11) is 0. The number of fused-ring (bicyclic) bond motifs is 2. The Labute approximate surface area is 161 Å². The zero-order valence-electron chi connectivity index (χ0n) is 16.6. The summed E-state index contributed by atoms with van der Waals surface area (Å²) in [5.41, 5.74) is 7.88. The molecule has 0 amide bonds. The smallest absolute Gasteiger partial charge is 0.0719 e. The highest BCUT2D eigenvalue weighted by Gasteiger charge is 2.12. The third-order valence-corrected chi connectivity index (χ3v) is 5.62. The Morgan fingerprint density at radius 3 is 2.19 bits per heavy atom. The molecule has 0 unspecified atom stereocenters. The standard InChI is InChI=1S/C26H26O/c1-5-27-16-23-11-10-22(13-18(23)3)26-19(4)17(2)12-24-14-20-8-6-7-9-21(20)15-25(24)26/h6-15H,5,16H2,1-4H3. The lowest BCUT2D eigenvalue weighted by Gasteiger charge is -2.16. The average molecular weight is 354 g/mol. The molecule has 0 spiro atoms. The van der Waals surface area contributed by atoms with E-state index in [4.69, 9.17) is 4.74 Å². The molecule has 0 heterocycles. The van der Waals surface area contributed by atoms with Gasteiger partial charge < -0.3 is 4.74 Å². The summed E-state index contributed by atoms with van der Waals surface area (Å²) in [5.74, 6) is 0. The van der Waals surface area contributed by atoms with E-state index in [-0.39, 0.29) is 0 Å². The van der Waals surface area contributed by atoms with Crippen molar-refractivity contribution in [3.05, 3.63) is 82.9 Å². The van der Waals surface area contributed by atoms with E-state index in [0.29, 0.717) is 6.61 Å². The van der Waals surface area contributed by atoms with Gasteiger partial charge in [-0.2, -0.15) is 0 Å². The molecule has 0 bridgehead atoms. The van der Waals surface area contributed by atoms with Gasteiger partial charge in [0.1, 0.15) is 0 Å². The summed E-state index contributed by atoms with van der Waals surface area (Å²) in [6.45, 7) is 10.1.